The molecule has 84 valence electrons. The third kappa shape index (κ3) is 3.06. The summed E-state index contributed by atoms with van der Waals surface area (Å²) in [7, 11) is -3.36. The van der Waals surface area contributed by atoms with E-state index in [0.717, 1.165) is 0 Å². The van der Waals surface area contributed by atoms with Gasteiger partial charge in [0.2, 0.25) is 0 Å². The molecule has 1 saturated heterocycles. The molecule has 0 spiro atoms. The van der Waals surface area contributed by atoms with Crippen molar-refractivity contribution >= 4 is 7.82 Å². The summed E-state index contributed by atoms with van der Waals surface area (Å²) in [6, 6.07) is 0. The lowest BCUT2D eigenvalue weighted by Gasteiger charge is -2.43. The molecule has 14 heavy (non-hydrogen) atoms. The number of hydrogen-bond donors (Lipinski definition) is 0. The molecule has 1 aliphatic rings. The van der Waals surface area contributed by atoms with E-state index >= 15 is 0 Å². The Kier molecular flexibility index (Phi) is 3.13. The summed E-state index contributed by atoms with van der Waals surface area (Å²) in [4.78, 5) is 0. The van der Waals surface area contributed by atoms with Crippen LogP contribution in [-0.2, 0) is 18.1 Å². The van der Waals surface area contributed by atoms with Crippen LogP contribution in [0, 0.1) is 0 Å². The molecular weight excluding hydrogens is 203 g/mol. The quantitative estimate of drug-likeness (QED) is 0.673. The van der Waals surface area contributed by atoms with Crippen molar-refractivity contribution in [3.8, 4) is 0 Å². The number of phosphoric acid groups is 1. The number of phosphoric ester groups is 1. The Hall–Kier alpha value is 0.110. The minimum atomic E-state index is -3.36. The molecule has 0 aromatic rings. The van der Waals surface area contributed by atoms with Gasteiger partial charge in [-0.2, -0.15) is 0 Å². The monoisotopic (exact) mass is 222 g/mol. The zero-order valence-corrected chi connectivity index (χ0v) is 10.4. The van der Waals surface area contributed by atoms with Gasteiger partial charge in [-0.3, -0.25) is 13.6 Å². The zero-order chi connectivity index (χ0) is 11.0. The highest BCUT2D eigenvalue weighted by Gasteiger charge is 2.48. The average molecular weight is 222 g/mol. The van der Waals surface area contributed by atoms with Gasteiger partial charge in [0.05, 0.1) is 17.8 Å². The molecule has 0 aromatic heterocycles. The predicted molar refractivity (Wildman–Crippen MR) is 54.2 cm³/mol. The van der Waals surface area contributed by atoms with Gasteiger partial charge in [0.15, 0.2) is 0 Å². The fourth-order valence-corrected chi connectivity index (χ4v) is 3.72. The van der Waals surface area contributed by atoms with E-state index in [0.29, 0.717) is 13.0 Å². The highest BCUT2D eigenvalue weighted by molar-refractivity contribution is 7.48. The van der Waals surface area contributed by atoms with Gasteiger partial charge in [0, 0.05) is 6.42 Å². The van der Waals surface area contributed by atoms with Crippen LogP contribution >= 0.6 is 7.82 Å². The van der Waals surface area contributed by atoms with E-state index in [9.17, 15) is 4.57 Å². The summed E-state index contributed by atoms with van der Waals surface area (Å²) in [6.45, 7) is 9.65. The SMILES string of the molecule is CCOP1(=O)OC(C)(C)CC(C)(C)O1. The molecule has 1 heterocycles. The van der Waals surface area contributed by atoms with E-state index in [4.69, 9.17) is 13.6 Å². The van der Waals surface area contributed by atoms with Crippen molar-refractivity contribution in [3.63, 3.8) is 0 Å². The Labute approximate surface area is 85.5 Å². The van der Waals surface area contributed by atoms with Crippen LogP contribution in [0.25, 0.3) is 0 Å². The Morgan fingerprint density at radius 3 is 2.00 bits per heavy atom. The fourth-order valence-electron chi connectivity index (χ4n) is 1.92. The summed E-state index contributed by atoms with van der Waals surface area (Å²) in [5, 5.41) is 0. The maximum atomic E-state index is 12.0. The average Bonchev–Trinajstić information content (AvgIpc) is 1.75. The van der Waals surface area contributed by atoms with Crippen LogP contribution in [0.15, 0.2) is 0 Å². The van der Waals surface area contributed by atoms with Crippen molar-refractivity contribution in [1.29, 1.82) is 0 Å². The first-order valence-corrected chi connectivity index (χ1v) is 6.30. The first kappa shape index (κ1) is 12.2. The lowest BCUT2D eigenvalue weighted by molar-refractivity contribution is -0.0884. The topological polar surface area (TPSA) is 44.8 Å². The van der Waals surface area contributed by atoms with Gasteiger partial charge in [-0.1, -0.05) is 0 Å². The lowest BCUT2D eigenvalue weighted by Crippen LogP contribution is -2.41. The Bertz CT molecular complexity index is 240. The van der Waals surface area contributed by atoms with E-state index in [1.165, 1.54) is 0 Å². The van der Waals surface area contributed by atoms with Crippen LogP contribution in [-0.4, -0.2) is 17.8 Å². The maximum absolute atomic E-state index is 12.0. The van der Waals surface area contributed by atoms with Crippen molar-refractivity contribution in [2.45, 2.75) is 52.2 Å². The van der Waals surface area contributed by atoms with Crippen LogP contribution in [0.3, 0.4) is 0 Å². The molecule has 1 fully saturated rings. The normalized spacial score (nSPS) is 28.6. The Morgan fingerprint density at radius 2 is 1.64 bits per heavy atom. The first-order chi connectivity index (χ1) is 6.18. The summed E-state index contributed by atoms with van der Waals surface area (Å²) < 4.78 is 27.7. The summed E-state index contributed by atoms with van der Waals surface area (Å²) in [5.74, 6) is 0. The molecule has 0 unspecified atom stereocenters. The highest BCUT2D eigenvalue weighted by Crippen LogP contribution is 2.60. The van der Waals surface area contributed by atoms with E-state index in [2.05, 4.69) is 0 Å². The van der Waals surface area contributed by atoms with Gasteiger partial charge < -0.3 is 0 Å². The third-order valence-electron chi connectivity index (χ3n) is 1.86. The molecular formula is C9H19O4P. The van der Waals surface area contributed by atoms with Crippen LogP contribution in [0.2, 0.25) is 0 Å². The van der Waals surface area contributed by atoms with E-state index in [1.54, 1.807) is 6.92 Å². The molecule has 0 aliphatic carbocycles. The largest absolute Gasteiger partial charge is 0.475 e. The second kappa shape index (κ2) is 3.60. The van der Waals surface area contributed by atoms with Crippen LogP contribution < -0.4 is 0 Å². The fraction of sp³-hybridized carbons (Fsp3) is 1.00. The minimum Gasteiger partial charge on any atom is -0.287 e. The van der Waals surface area contributed by atoms with Crippen molar-refractivity contribution in [1.82, 2.24) is 0 Å². The summed E-state index contributed by atoms with van der Waals surface area (Å²) >= 11 is 0. The Balaban J connectivity index is 2.86. The second-order valence-electron chi connectivity index (χ2n) is 4.74. The molecule has 0 aromatic carbocycles. The van der Waals surface area contributed by atoms with Gasteiger partial charge in [-0.05, 0) is 34.6 Å². The first-order valence-electron chi connectivity index (χ1n) is 4.84. The van der Waals surface area contributed by atoms with Crippen LogP contribution in [0.1, 0.15) is 41.0 Å². The summed E-state index contributed by atoms with van der Waals surface area (Å²) in [5.41, 5.74) is -0.932. The summed E-state index contributed by atoms with van der Waals surface area (Å²) in [6.07, 6.45) is 0.692. The molecule has 0 amide bonds. The van der Waals surface area contributed by atoms with Crippen molar-refractivity contribution in [3.05, 3.63) is 0 Å². The van der Waals surface area contributed by atoms with E-state index < -0.39 is 19.0 Å². The van der Waals surface area contributed by atoms with E-state index in [1.807, 2.05) is 27.7 Å². The van der Waals surface area contributed by atoms with Crippen molar-refractivity contribution < 1.29 is 18.1 Å². The third-order valence-corrected chi connectivity index (χ3v) is 3.87. The predicted octanol–water partition coefficient (Wildman–Crippen LogP) is 3.13. The molecule has 1 aliphatic heterocycles. The van der Waals surface area contributed by atoms with Crippen molar-refractivity contribution in [2.75, 3.05) is 6.61 Å². The lowest BCUT2D eigenvalue weighted by atomic mass is 9.93. The van der Waals surface area contributed by atoms with Gasteiger partial charge in [-0.25, -0.2) is 4.57 Å². The molecule has 0 N–H and O–H groups in total. The molecule has 0 radical (unpaired) electrons. The molecule has 4 nitrogen and oxygen atoms in total. The van der Waals surface area contributed by atoms with Crippen LogP contribution in [0.5, 0.6) is 0 Å². The Morgan fingerprint density at radius 1 is 1.21 bits per heavy atom. The van der Waals surface area contributed by atoms with E-state index in [-0.39, 0.29) is 0 Å². The smallest absolute Gasteiger partial charge is 0.287 e. The number of rotatable bonds is 2. The molecule has 0 saturated carbocycles. The highest BCUT2D eigenvalue weighted by atomic mass is 31.2. The van der Waals surface area contributed by atoms with Crippen LogP contribution in [0.4, 0.5) is 0 Å². The minimum absolute atomic E-state index is 0.323. The number of hydrogen-bond acceptors (Lipinski definition) is 4. The molecule has 0 atom stereocenters. The molecule has 5 heteroatoms. The van der Waals surface area contributed by atoms with Crippen molar-refractivity contribution in [2.24, 2.45) is 0 Å². The van der Waals surface area contributed by atoms with Gasteiger partial charge in [-0.15, -0.1) is 0 Å². The standard InChI is InChI=1S/C9H19O4P/c1-6-11-14(10)12-8(2,3)7-9(4,5)13-14/h6-7H2,1-5H3. The second-order valence-corrected chi connectivity index (χ2v) is 6.26. The van der Waals surface area contributed by atoms with Gasteiger partial charge >= 0.3 is 7.82 Å². The molecule has 1 rings (SSSR count). The van der Waals surface area contributed by atoms with Gasteiger partial charge in [0.25, 0.3) is 0 Å². The van der Waals surface area contributed by atoms with Gasteiger partial charge in [0.1, 0.15) is 0 Å². The molecule has 0 bridgehead atoms. The maximum Gasteiger partial charge on any atom is 0.475 e. The zero-order valence-electron chi connectivity index (χ0n) is 9.49.